The van der Waals surface area contributed by atoms with Gasteiger partial charge in [-0.3, -0.25) is 20.3 Å². The number of nitrogens with one attached hydrogen (secondary N) is 2. The third kappa shape index (κ3) is 6.59. The van der Waals surface area contributed by atoms with Crippen LogP contribution in [-0.2, 0) is 10.9 Å². The fourth-order valence-electron chi connectivity index (χ4n) is 3.43. The van der Waals surface area contributed by atoms with Crippen LogP contribution in [0.25, 0.3) is 5.57 Å². The molecule has 35 heavy (non-hydrogen) atoms. The van der Waals surface area contributed by atoms with E-state index in [1.54, 1.807) is 13.8 Å². The largest absolute Gasteiger partial charge is 0.465 e. The summed E-state index contributed by atoms with van der Waals surface area (Å²) in [5.74, 6) is -2.53. The lowest BCUT2D eigenvalue weighted by molar-refractivity contribution is -0.138. The Balaban J connectivity index is 2.69. The second kappa shape index (κ2) is 12.1. The monoisotopic (exact) mass is 515 g/mol. The SMILES string of the molecule is CCNC(NC)N(/C=C(\CC)c1ccc(C(=O)OC)cc1F)C(=O)c1c(Cl)cccc1C(F)(F)F. The molecule has 0 aliphatic heterocycles. The summed E-state index contributed by atoms with van der Waals surface area (Å²) in [6.45, 7) is 3.81. The van der Waals surface area contributed by atoms with Crippen LogP contribution in [0, 0.1) is 5.82 Å². The van der Waals surface area contributed by atoms with Gasteiger partial charge < -0.3 is 4.74 Å². The predicted octanol–water partition coefficient (Wildman–Crippen LogP) is 5.29. The lowest BCUT2D eigenvalue weighted by Gasteiger charge is -2.31. The zero-order valence-electron chi connectivity index (χ0n) is 19.6. The second-order valence-electron chi connectivity index (χ2n) is 7.32. The molecule has 0 spiro atoms. The molecule has 2 rings (SSSR count). The molecule has 2 N–H and O–H groups in total. The van der Waals surface area contributed by atoms with Crippen LogP contribution in [0.5, 0.6) is 0 Å². The van der Waals surface area contributed by atoms with Gasteiger partial charge in [0.25, 0.3) is 5.91 Å². The first kappa shape index (κ1) is 28.3. The number of methoxy groups -OCH3 is 1. The van der Waals surface area contributed by atoms with Gasteiger partial charge in [0, 0.05) is 11.8 Å². The lowest BCUT2D eigenvalue weighted by Crippen LogP contribution is -2.54. The topological polar surface area (TPSA) is 70.7 Å². The van der Waals surface area contributed by atoms with Gasteiger partial charge >= 0.3 is 12.1 Å². The number of carbonyl (C=O) groups excluding carboxylic acids is 2. The zero-order valence-corrected chi connectivity index (χ0v) is 20.4. The van der Waals surface area contributed by atoms with Gasteiger partial charge in [-0.2, -0.15) is 13.2 Å². The average Bonchev–Trinajstić information content (AvgIpc) is 2.82. The van der Waals surface area contributed by atoms with Gasteiger partial charge in [-0.15, -0.1) is 0 Å². The van der Waals surface area contributed by atoms with Crippen molar-refractivity contribution in [1.82, 2.24) is 15.5 Å². The number of hydrogen-bond donors (Lipinski definition) is 2. The van der Waals surface area contributed by atoms with Crippen molar-refractivity contribution in [3.8, 4) is 0 Å². The first-order valence-corrected chi connectivity index (χ1v) is 11.1. The minimum atomic E-state index is -4.83. The molecule has 2 aromatic rings. The van der Waals surface area contributed by atoms with Gasteiger partial charge in [0.15, 0.2) is 0 Å². The molecule has 0 saturated heterocycles. The Morgan fingerprint density at radius 3 is 2.40 bits per heavy atom. The van der Waals surface area contributed by atoms with Crippen LogP contribution in [0.2, 0.25) is 5.02 Å². The molecular formula is C24H26ClF4N3O3. The summed E-state index contributed by atoms with van der Waals surface area (Å²) in [5.41, 5.74) is -1.56. The molecule has 0 bridgehead atoms. The number of carbonyl (C=O) groups is 2. The highest BCUT2D eigenvalue weighted by Crippen LogP contribution is 2.36. The van der Waals surface area contributed by atoms with Gasteiger partial charge in [-0.05, 0) is 49.9 Å². The lowest BCUT2D eigenvalue weighted by atomic mass is 10.0. The van der Waals surface area contributed by atoms with Gasteiger partial charge in [0.2, 0.25) is 0 Å². The van der Waals surface area contributed by atoms with E-state index in [9.17, 15) is 27.2 Å². The Kier molecular flexibility index (Phi) is 9.82. The van der Waals surface area contributed by atoms with Crippen molar-refractivity contribution in [3.63, 3.8) is 0 Å². The van der Waals surface area contributed by atoms with Crippen molar-refractivity contribution in [2.45, 2.75) is 32.7 Å². The number of hydrogen-bond acceptors (Lipinski definition) is 5. The third-order valence-corrected chi connectivity index (χ3v) is 5.44. The minimum absolute atomic E-state index is 0.0104. The summed E-state index contributed by atoms with van der Waals surface area (Å²) in [5, 5.41) is 5.41. The Morgan fingerprint density at radius 2 is 1.89 bits per heavy atom. The number of halogens is 5. The summed E-state index contributed by atoms with van der Waals surface area (Å²) in [6, 6.07) is 6.77. The first-order chi connectivity index (χ1) is 16.5. The minimum Gasteiger partial charge on any atom is -0.465 e. The number of nitrogens with zero attached hydrogens (tertiary/aromatic N) is 1. The molecule has 0 saturated carbocycles. The highest BCUT2D eigenvalue weighted by Gasteiger charge is 2.38. The molecule has 1 unspecified atom stereocenters. The van der Waals surface area contributed by atoms with E-state index in [2.05, 4.69) is 15.4 Å². The van der Waals surface area contributed by atoms with Crippen LogP contribution >= 0.6 is 11.6 Å². The number of ether oxygens (including phenoxy) is 1. The van der Waals surface area contributed by atoms with E-state index in [1.807, 2.05) is 0 Å². The van der Waals surface area contributed by atoms with E-state index < -0.39 is 41.3 Å². The summed E-state index contributed by atoms with van der Waals surface area (Å²) >= 11 is 6.06. The Labute approximate surface area is 205 Å². The van der Waals surface area contributed by atoms with E-state index in [4.69, 9.17) is 11.6 Å². The molecular weight excluding hydrogens is 490 g/mol. The zero-order chi connectivity index (χ0) is 26.3. The molecule has 0 heterocycles. The van der Waals surface area contributed by atoms with Gasteiger partial charge in [-0.25, -0.2) is 9.18 Å². The van der Waals surface area contributed by atoms with Crippen LogP contribution in [0.4, 0.5) is 17.6 Å². The molecule has 0 aromatic heterocycles. The average molecular weight is 516 g/mol. The Bertz CT molecular complexity index is 1110. The summed E-state index contributed by atoms with van der Waals surface area (Å²) < 4.78 is 60.6. The smallest absolute Gasteiger partial charge is 0.417 e. The maximum absolute atomic E-state index is 14.9. The number of allylic oxidation sites excluding steroid dienone is 1. The van der Waals surface area contributed by atoms with Crippen molar-refractivity contribution in [2.75, 3.05) is 20.7 Å². The molecule has 2 aromatic carbocycles. The van der Waals surface area contributed by atoms with Crippen LogP contribution in [0.15, 0.2) is 42.6 Å². The van der Waals surface area contributed by atoms with Crippen LogP contribution < -0.4 is 10.6 Å². The Hall–Kier alpha value is -2.95. The number of alkyl halides is 3. The number of rotatable bonds is 9. The molecule has 6 nitrogen and oxygen atoms in total. The number of esters is 1. The predicted molar refractivity (Wildman–Crippen MR) is 125 cm³/mol. The van der Waals surface area contributed by atoms with Crippen molar-refractivity contribution >= 4 is 29.1 Å². The molecule has 0 radical (unpaired) electrons. The molecule has 11 heteroatoms. The molecule has 1 amide bonds. The number of amides is 1. The van der Waals surface area contributed by atoms with Gasteiger partial charge in [0.1, 0.15) is 12.1 Å². The standard InChI is InChI=1S/C24H26ClF4N3O3/c1-5-14(16-11-10-15(12-19(16)26)22(34)35-4)13-32(23(30-3)31-6-2)21(33)20-17(24(27,28)29)8-7-9-18(20)25/h7-13,23,30-31H,5-6H2,1-4H3/b14-13+. The van der Waals surface area contributed by atoms with Crippen LogP contribution in [-0.4, -0.2) is 43.8 Å². The van der Waals surface area contributed by atoms with Crippen molar-refractivity contribution in [2.24, 2.45) is 0 Å². The molecule has 190 valence electrons. The maximum atomic E-state index is 14.9. The fraction of sp³-hybridized carbons (Fsp3) is 0.333. The van der Waals surface area contributed by atoms with E-state index in [1.165, 1.54) is 31.4 Å². The van der Waals surface area contributed by atoms with Crippen LogP contribution in [0.1, 0.15) is 52.1 Å². The van der Waals surface area contributed by atoms with Crippen LogP contribution in [0.3, 0.4) is 0 Å². The molecule has 1 atom stereocenters. The maximum Gasteiger partial charge on any atom is 0.417 e. The highest BCUT2D eigenvalue weighted by atomic mass is 35.5. The van der Waals surface area contributed by atoms with Gasteiger partial charge in [0.05, 0.1) is 28.8 Å². The number of benzene rings is 2. The summed E-state index contributed by atoms with van der Waals surface area (Å²) in [6.07, 6.45) is -4.28. The highest BCUT2D eigenvalue weighted by molar-refractivity contribution is 6.34. The van der Waals surface area contributed by atoms with Crippen molar-refractivity contribution in [3.05, 3.63) is 75.7 Å². The first-order valence-electron chi connectivity index (χ1n) is 10.7. The van der Waals surface area contributed by atoms with Crippen molar-refractivity contribution < 1.29 is 31.9 Å². The quantitative estimate of drug-likeness (QED) is 0.270. The molecule has 0 fully saturated rings. The Morgan fingerprint density at radius 1 is 1.20 bits per heavy atom. The molecule has 0 aliphatic rings. The molecule has 0 aliphatic carbocycles. The van der Waals surface area contributed by atoms with Crippen molar-refractivity contribution in [1.29, 1.82) is 0 Å². The summed E-state index contributed by atoms with van der Waals surface area (Å²) in [7, 11) is 2.67. The summed E-state index contributed by atoms with van der Waals surface area (Å²) in [4.78, 5) is 26.2. The van der Waals surface area contributed by atoms with E-state index in [-0.39, 0.29) is 22.6 Å². The van der Waals surface area contributed by atoms with E-state index >= 15 is 0 Å². The van der Waals surface area contributed by atoms with E-state index in [0.717, 1.165) is 30.2 Å². The van der Waals surface area contributed by atoms with Gasteiger partial charge in [-0.1, -0.05) is 37.6 Å². The normalized spacial score (nSPS) is 12.9. The fourth-order valence-corrected chi connectivity index (χ4v) is 3.68. The second-order valence-corrected chi connectivity index (χ2v) is 7.72. The van der Waals surface area contributed by atoms with E-state index in [0.29, 0.717) is 12.1 Å². The third-order valence-electron chi connectivity index (χ3n) is 5.13.